The molecule has 0 unspecified atom stereocenters. The highest BCUT2D eigenvalue weighted by molar-refractivity contribution is 5.94. The van der Waals surface area contributed by atoms with Crippen molar-refractivity contribution >= 4 is 17.5 Å². The van der Waals surface area contributed by atoms with E-state index in [1.165, 1.54) is 12.1 Å². The molecule has 0 N–H and O–H groups in total. The fourth-order valence-electron chi connectivity index (χ4n) is 4.59. The minimum Gasteiger partial charge on any atom is -0.338 e. The predicted molar refractivity (Wildman–Crippen MR) is 138 cm³/mol. The molecule has 0 atom stereocenters. The Bertz CT molecular complexity index is 816. The van der Waals surface area contributed by atoms with Crippen LogP contribution in [0, 0.1) is 23.1 Å². The SMILES string of the molecule is CC(C)CC(=O)N1CCCN(CC(C)C)CCCN(C(=O)CC(C)(C)C)Cc2cc(F)ccc21. The average molecular weight is 476 g/mol. The van der Waals surface area contributed by atoms with Gasteiger partial charge in [0.1, 0.15) is 5.82 Å². The van der Waals surface area contributed by atoms with Crippen molar-refractivity contribution in [3.63, 3.8) is 0 Å². The van der Waals surface area contributed by atoms with Crippen LogP contribution in [0.1, 0.15) is 79.7 Å². The summed E-state index contributed by atoms with van der Waals surface area (Å²) in [5.74, 6) is 0.584. The van der Waals surface area contributed by atoms with Crippen molar-refractivity contribution in [1.82, 2.24) is 9.80 Å². The number of benzene rings is 1. The van der Waals surface area contributed by atoms with Gasteiger partial charge in [0.15, 0.2) is 0 Å². The van der Waals surface area contributed by atoms with Crippen LogP contribution in [0.25, 0.3) is 0 Å². The van der Waals surface area contributed by atoms with Crippen LogP contribution in [0.15, 0.2) is 18.2 Å². The highest BCUT2D eigenvalue weighted by Gasteiger charge is 2.26. The van der Waals surface area contributed by atoms with Crippen LogP contribution in [0.2, 0.25) is 0 Å². The lowest BCUT2D eigenvalue weighted by Gasteiger charge is -2.33. The van der Waals surface area contributed by atoms with E-state index in [4.69, 9.17) is 0 Å². The summed E-state index contributed by atoms with van der Waals surface area (Å²) < 4.78 is 14.4. The zero-order valence-corrected chi connectivity index (χ0v) is 22.5. The normalized spacial score (nSPS) is 16.9. The van der Waals surface area contributed by atoms with Gasteiger partial charge in [0, 0.05) is 44.7 Å². The van der Waals surface area contributed by atoms with E-state index in [0.717, 1.165) is 38.2 Å². The average Bonchev–Trinajstić information content (AvgIpc) is 2.67. The van der Waals surface area contributed by atoms with Crippen LogP contribution in [-0.2, 0) is 16.1 Å². The van der Waals surface area contributed by atoms with E-state index in [1.54, 1.807) is 6.07 Å². The van der Waals surface area contributed by atoms with Crippen LogP contribution in [0.5, 0.6) is 0 Å². The van der Waals surface area contributed by atoms with Gasteiger partial charge in [-0.15, -0.1) is 0 Å². The summed E-state index contributed by atoms with van der Waals surface area (Å²) in [4.78, 5) is 32.7. The number of hydrogen-bond donors (Lipinski definition) is 0. The molecule has 5 nitrogen and oxygen atoms in total. The van der Waals surface area contributed by atoms with Crippen molar-refractivity contribution in [3.05, 3.63) is 29.6 Å². The topological polar surface area (TPSA) is 43.9 Å². The van der Waals surface area contributed by atoms with Crippen LogP contribution in [-0.4, -0.2) is 54.3 Å². The largest absolute Gasteiger partial charge is 0.338 e. The van der Waals surface area contributed by atoms with Crippen LogP contribution in [0.4, 0.5) is 10.1 Å². The Morgan fingerprint density at radius 2 is 1.59 bits per heavy atom. The first-order chi connectivity index (χ1) is 15.9. The number of halogens is 1. The standard InChI is InChI=1S/C28H46FN3O2/c1-21(2)16-26(33)32-15-9-13-30(19-22(3)4)12-8-14-31(27(34)18-28(5,6)7)20-23-17-24(29)10-11-25(23)32/h10-11,17,21-22H,8-9,12-16,18-20H2,1-7H3. The molecule has 1 heterocycles. The Morgan fingerprint density at radius 1 is 0.941 bits per heavy atom. The summed E-state index contributed by atoms with van der Waals surface area (Å²) in [5, 5.41) is 0. The van der Waals surface area contributed by atoms with Crippen molar-refractivity contribution in [2.45, 2.75) is 80.7 Å². The number of anilines is 1. The summed E-state index contributed by atoms with van der Waals surface area (Å²) >= 11 is 0. The van der Waals surface area contributed by atoms with E-state index in [9.17, 15) is 14.0 Å². The summed E-state index contributed by atoms with van der Waals surface area (Å²) in [7, 11) is 0. The molecule has 2 amide bonds. The maximum Gasteiger partial charge on any atom is 0.227 e. The number of rotatable bonds is 5. The van der Waals surface area contributed by atoms with E-state index in [0.29, 0.717) is 44.0 Å². The fourth-order valence-corrected chi connectivity index (χ4v) is 4.59. The van der Waals surface area contributed by atoms with E-state index in [-0.39, 0.29) is 29.0 Å². The maximum absolute atomic E-state index is 14.4. The fraction of sp³-hybridized carbons (Fsp3) is 0.714. The van der Waals surface area contributed by atoms with E-state index in [1.807, 2.05) is 23.6 Å². The monoisotopic (exact) mass is 475 g/mol. The number of fused-ring (bicyclic) bond motifs is 1. The number of amides is 2. The van der Waals surface area contributed by atoms with Gasteiger partial charge in [0.2, 0.25) is 11.8 Å². The number of carbonyl (C=O) groups is 2. The summed E-state index contributed by atoms with van der Waals surface area (Å²) in [5.41, 5.74) is 1.31. The molecule has 0 radical (unpaired) electrons. The van der Waals surface area contributed by atoms with Gasteiger partial charge in [-0.25, -0.2) is 4.39 Å². The number of hydrogen-bond acceptors (Lipinski definition) is 3. The van der Waals surface area contributed by atoms with Gasteiger partial charge in [-0.2, -0.15) is 0 Å². The molecule has 192 valence electrons. The molecule has 0 spiro atoms. The third kappa shape index (κ3) is 9.36. The molecule has 0 aromatic heterocycles. The van der Waals surface area contributed by atoms with Gasteiger partial charge in [0.05, 0.1) is 0 Å². The van der Waals surface area contributed by atoms with Crippen molar-refractivity contribution in [2.75, 3.05) is 37.6 Å². The summed E-state index contributed by atoms with van der Waals surface area (Å²) in [6.07, 6.45) is 2.62. The molecular formula is C28H46FN3O2. The van der Waals surface area contributed by atoms with Crippen molar-refractivity contribution in [1.29, 1.82) is 0 Å². The van der Waals surface area contributed by atoms with Gasteiger partial charge >= 0.3 is 0 Å². The summed E-state index contributed by atoms with van der Waals surface area (Å²) in [6, 6.07) is 4.64. The van der Waals surface area contributed by atoms with Gasteiger partial charge in [-0.1, -0.05) is 48.5 Å². The Morgan fingerprint density at radius 3 is 2.18 bits per heavy atom. The number of carbonyl (C=O) groups excluding carboxylic acids is 2. The van der Waals surface area contributed by atoms with Gasteiger partial charge in [-0.05, 0) is 66.9 Å². The highest BCUT2D eigenvalue weighted by atomic mass is 19.1. The quantitative estimate of drug-likeness (QED) is 0.547. The maximum atomic E-state index is 14.4. The van der Waals surface area contributed by atoms with E-state index >= 15 is 0 Å². The Kier molecular flexibility index (Phi) is 10.5. The third-order valence-electron chi connectivity index (χ3n) is 5.99. The first kappa shape index (κ1) is 28.3. The van der Waals surface area contributed by atoms with Crippen molar-refractivity contribution < 1.29 is 14.0 Å². The van der Waals surface area contributed by atoms with Gasteiger partial charge < -0.3 is 14.7 Å². The molecule has 1 aromatic carbocycles. The zero-order chi connectivity index (χ0) is 25.5. The Balaban J connectivity index is 2.45. The lowest BCUT2D eigenvalue weighted by molar-refractivity contribution is -0.133. The molecule has 1 aromatic rings. The molecular weight excluding hydrogens is 429 g/mol. The molecule has 0 bridgehead atoms. The van der Waals surface area contributed by atoms with Crippen LogP contribution < -0.4 is 4.90 Å². The molecule has 34 heavy (non-hydrogen) atoms. The molecule has 1 aliphatic rings. The Hall–Kier alpha value is -1.95. The third-order valence-corrected chi connectivity index (χ3v) is 5.99. The lowest BCUT2D eigenvalue weighted by Crippen LogP contribution is -2.40. The Labute approximate surface area is 206 Å². The minimum absolute atomic E-state index is 0.0582. The lowest BCUT2D eigenvalue weighted by atomic mass is 9.91. The first-order valence-corrected chi connectivity index (χ1v) is 12.9. The molecule has 1 aliphatic heterocycles. The second kappa shape index (κ2) is 12.7. The zero-order valence-electron chi connectivity index (χ0n) is 22.5. The minimum atomic E-state index is -0.339. The molecule has 0 saturated heterocycles. The van der Waals surface area contributed by atoms with Gasteiger partial charge in [0.25, 0.3) is 0 Å². The van der Waals surface area contributed by atoms with Crippen LogP contribution in [0.3, 0.4) is 0 Å². The van der Waals surface area contributed by atoms with Crippen LogP contribution >= 0.6 is 0 Å². The van der Waals surface area contributed by atoms with E-state index in [2.05, 4.69) is 39.5 Å². The second-order valence-electron chi connectivity index (χ2n) is 11.9. The molecule has 6 heteroatoms. The van der Waals surface area contributed by atoms with Crippen molar-refractivity contribution in [2.24, 2.45) is 17.3 Å². The van der Waals surface area contributed by atoms with Gasteiger partial charge in [-0.3, -0.25) is 9.59 Å². The second-order valence-corrected chi connectivity index (χ2v) is 11.9. The molecule has 0 fully saturated rings. The highest BCUT2D eigenvalue weighted by Crippen LogP contribution is 2.27. The smallest absolute Gasteiger partial charge is 0.227 e. The predicted octanol–water partition coefficient (Wildman–Crippen LogP) is 5.72. The van der Waals surface area contributed by atoms with E-state index < -0.39 is 0 Å². The van der Waals surface area contributed by atoms with Crippen molar-refractivity contribution in [3.8, 4) is 0 Å². The molecule has 0 aliphatic carbocycles. The first-order valence-electron chi connectivity index (χ1n) is 12.9. The molecule has 0 saturated carbocycles. The number of nitrogens with zero attached hydrogens (tertiary/aromatic N) is 3. The molecule has 2 rings (SSSR count). The summed E-state index contributed by atoms with van der Waals surface area (Å²) in [6.45, 7) is 19.0.